The molecule has 1 saturated heterocycles. The summed E-state index contributed by atoms with van der Waals surface area (Å²) in [7, 11) is 0. The number of nitrogens with zero attached hydrogens (tertiary/aromatic N) is 1. The van der Waals surface area contributed by atoms with Crippen molar-refractivity contribution in [1.82, 2.24) is 4.90 Å². The van der Waals surface area contributed by atoms with E-state index in [1.807, 2.05) is 0 Å². The lowest BCUT2D eigenvalue weighted by Gasteiger charge is -2.16. The monoisotopic (exact) mass is 277 g/mol. The molecule has 1 aliphatic heterocycles. The van der Waals surface area contributed by atoms with Crippen LogP contribution in [0.3, 0.4) is 0 Å². The van der Waals surface area contributed by atoms with Gasteiger partial charge in [-0.25, -0.2) is 4.39 Å². The van der Waals surface area contributed by atoms with Gasteiger partial charge in [-0.1, -0.05) is 6.42 Å². The Morgan fingerprint density at radius 3 is 2.75 bits per heavy atom. The molecular weight excluding hydrogens is 257 g/mol. The molecular formula is C15H20FN3O. The van der Waals surface area contributed by atoms with Crippen molar-refractivity contribution in [2.75, 3.05) is 30.7 Å². The molecule has 108 valence electrons. The van der Waals surface area contributed by atoms with Crippen molar-refractivity contribution in [1.29, 1.82) is 0 Å². The number of nitrogen functional groups attached to an aromatic ring is 1. The molecule has 4 nitrogen and oxygen atoms in total. The molecule has 1 heterocycles. The van der Waals surface area contributed by atoms with E-state index in [4.69, 9.17) is 5.73 Å². The molecule has 2 aliphatic rings. The minimum absolute atomic E-state index is 0.123. The van der Waals surface area contributed by atoms with Gasteiger partial charge in [0.1, 0.15) is 5.82 Å². The maximum Gasteiger partial charge on any atom is 0.238 e. The summed E-state index contributed by atoms with van der Waals surface area (Å²) in [6, 6.07) is 4.00. The van der Waals surface area contributed by atoms with Crippen LogP contribution in [0.1, 0.15) is 19.3 Å². The van der Waals surface area contributed by atoms with E-state index < -0.39 is 5.82 Å². The predicted octanol–water partition coefficient (Wildman–Crippen LogP) is 2.08. The fourth-order valence-electron chi connectivity index (χ4n) is 3.49. The molecule has 0 spiro atoms. The highest BCUT2D eigenvalue weighted by molar-refractivity contribution is 5.95. The first-order chi connectivity index (χ1) is 9.61. The van der Waals surface area contributed by atoms with Crippen molar-refractivity contribution >= 4 is 17.3 Å². The van der Waals surface area contributed by atoms with Crippen LogP contribution in [0.2, 0.25) is 0 Å². The number of amides is 1. The number of fused-ring (bicyclic) bond motifs is 1. The first-order valence-corrected chi connectivity index (χ1v) is 7.19. The maximum absolute atomic E-state index is 13.1. The van der Waals surface area contributed by atoms with E-state index in [9.17, 15) is 9.18 Å². The Labute approximate surface area is 118 Å². The van der Waals surface area contributed by atoms with Gasteiger partial charge in [0.2, 0.25) is 5.91 Å². The van der Waals surface area contributed by atoms with Crippen molar-refractivity contribution < 1.29 is 9.18 Å². The van der Waals surface area contributed by atoms with E-state index in [1.165, 1.54) is 37.5 Å². The third-order valence-corrected chi connectivity index (χ3v) is 4.46. The number of anilines is 2. The summed E-state index contributed by atoms with van der Waals surface area (Å²) in [5, 5.41) is 2.70. The Balaban J connectivity index is 1.56. The molecule has 0 bridgehead atoms. The molecule has 2 unspecified atom stereocenters. The van der Waals surface area contributed by atoms with E-state index in [2.05, 4.69) is 10.2 Å². The highest BCUT2D eigenvalue weighted by Gasteiger charge is 2.36. The zero-order chi connectivity index (χ0) is 14.1. The van der Waals surface area contributed by atoms with Crippen LogP contribution in [0.15, 0.2) is 18.2 Å². The number of likely N-dealkylation sites (tertiary alicyclic amines) is 1. The molecule has 1 aliphatic carbocycles. The Bertz CT molecular complexity index is 508. The number of nitrogens with one attached hydrogen (secondary N) is 1. The highest BCUT2D eigenvalue weighted by Crippen LogP contribution is 2.37. The average Bonchev–Trinajstić information content (AvgIpc) is 2.94. The van der Waals surface area contributed by atoms with Gasteiger partial charge in [-0.2, -0.15) is 0 Å². The Morgan fingerprint density at radius 2 is 2.05 bits per heavy atom. The molecule has 1 aromatic rings. The largest absolute Gasteiger partial charge is 0.397 e. The van der Waals surface area contributed by atoms with E-state index in [0.29, 0.717) is 17.9 Å². The third-order valence-electron chi connectivity index (χ3n) is 4.46. The van der Waals surface area contributed by atoms with Gasteiger partial charge in [-0.3, -0.25) is 9.69 Å². The van der Waals surface area contributed by atoms with Crippen LogP contribution in [0, 0.1) is 17.7 Å². The lowest BCUT2D eigenvalue weighted by molar-refractivity contribution is -0.117. The van der Waals surface area contributed by atoms with Gasteiger partial charge in [-0.05, 0) is 42.9 Å². The van der Waals surface area contributed by atoms with Crippen molar-refractivity contribution in [2.24, 2.45) is 11.8 Å². The molecule has 2 fully saturated rings. The van der Waals surface area contributed by atoms with E-state index in [0.717, 1.165) is 24.9 Å². The number of rotatable bonds is 3. The van der Waals surface area contributed by atoms with Crippen LogP contribution in [-0.2, 0) is 4.79 Å². The van der Waals surface area contributed by atoms with Crippen LogP contribution in [0.25, 0.3) is 0 Å². The molecule has 2 atom stereocenters. The van der Waals surface area contributed by atoms with Crippen LogP contribution in [0.4, 0.5) is 15.8 Å². The second kappa shape index (κ2) is 5.40. The normalized spacial score (nSPS) is 25.6. The van der Waals surface area contributed by atoms with Crippen molar-refractivity contribution in [2.45, 2.75) is 19.3 Å². The quantitative estimate of drug-likeness (QED) is 0.832. The van der Waals surface area contributed by atoms with Crippen LogP contribution < -0.4 is 11.1 Å². The fourth-order valence-corrected chi connectivity index (χ4v) is 3.49. The summed E-state index contributed by atoms with van der Waals surface area (Å²) in [6.07, 6.45) is 3.91. The summed E-state index contributed by atoms with van der Waals surface area (Å²) >= 11 is 0. The lowest BCUT2D eigenvalue weighted by Crippen LogP contribution is -2.32. The van der Waals surface area contributed by atoms with Gasteiger partial charge >= 0.3 is 0 Å². The van der Waals surface area contributed by atoms with Crippen molar-refractivity contribution in [3.8, 4) is 0 Å². The predicted molar refractivity (Wildman–Crippen MR) is 76.7 cm³/mol. The minimum atomic E-state index is -0.398. The second-order valence-electron chi connectivity index (χ2n) is 5.92. The van der Waals surface area contributed by atoms with Crippen LogP contribution in [-0.4, -0.2) is 30.4 Å². The topological polar surface area (TPSA) is 58.4 Å². The summed E-state index contributed by atoms with van der Waals surface area (Å²) in [5.74, 6) is 1.01. The molecule has 1 saturated carbocycles. The molecule has 20 heavy (non-hydrogen) atoms. The smallest absolute Gasteiger partial charge is 0.238 e. The number of hydrogen-bond donors (Lipinski definition) is 2. The summed E-state index contributed by atoms with van der Waals surface area (Å²) in [5.41, 5.74) is 6.47. The highest BCUT2D eigenvalue weighted by atomic mass is 19.1. The first-order valence-electron chi connectivity index (χ1n) is 7.19. The Morgan fingerprint density at radius 1 is 1.35 bits per heavy atom. The number of carbonyl (C=O) groups is 1. The SMILES string of the molecule is Nc1ccc(F)cc1NC(=O)CN1CC2CCCC2C1. The number of halogens is 1. The minimum Gasteiger partial charge on any atom is -0.397 e. The van der Waals surface area contributed by atoms with Crippen molar-refractivity contribution in [3.63, 3.8) is 0 Å². The van der Waals surface area contributed by atoms with E-state index in [1.54, 1.807) is 0 Å². The third kappa shape index (κ3) is 2.77. The van der Waals surface area contributed by atoms with Gasteiger partial charge in [0.15, 0.2) is 0 Å². The standard InChI is InChI=1S/C15H20FN3O/c16-12-4-5-13(17)14(6-12)18-15(20)9-19-7-10-2-1-3-11(10)8-19/h4-6,10-11H,1-3,7-9,17H2,(H,18,20). The van der Waals surface area contributed by atoms with Crippen LogP contribution in [0.5, 0.6) is 0 Å². The fraction of sp³-hybridized carbons (Fsp3) is 0.533. The molecule has 1 amide bonds. The second-order valence-corrected chi connectivity index (χ2v) is 5.92. The van der Waals surface area contributed by atoms with Crippen molar-refractivity contribution in [3.05, 3.63) is 24.0 Å². The molecule has 0 radical (unpaired) electrons. The molecule has 5 heteroatoms. The average molecular weight is 277 g/mol. The van der Waals surface area contributed by atoms with Gasteiger partial charge in [0, 0.05) is 13.1 Å². The Hall–Kier alpha value is -1.62. The lowest BCUT2D eigenvalue weighted by atomic mass is 10.0. The number of hydrogen-bond acceptors (Lipinski definition) is 3. The molecule has 1 aromatic carbocycles. The zero-order valence-corrected chi connectivity index (χ0v) is 11.4. The molecule has 3 N–H and O–H groups in total. The zero-order valence-electron chi connectivity index (χ0n) is 11.4. The number of benzene rings is 1. The number of nitrogens with two attached hydrogens (primary N) is 1. The van der Waals surface area contributed by atoms with Gasteiger partial charge < -0.3 is 11.1 Å². The first kappa shape index (κ1) is 13.4. The molecule has 0 aromatic heterocycles. The maximum atomic E-state index is 13.1. The van der Waals surface area contributed by atoms with Crippen LogP contribution >= 0.6 is 0 Å². The van der Waals surface area contributed by atoms with E-state index >= 15 is 0 Å². The summed E-state index contributed by atoms with van der Waals surface area (Å²) in [6.45, 7) is 2.39. The van der Waals surface area contributed by atoms with E-state index in [-0.39, 0.29) is 5.91 Å². The van der Waals surface area contributed by atoms with Gasteiger partial charge in [0.25, 0.3) is 0 Å². The summed E-state index contributed by atoms with van der Waals surface area (Å²) < 4.78 is 13.1. The van der Waals surface area contributed by atoms with Gasteiger partial charge in [0.05, 0.1) is 17.9 Å². The Kier molecular flexibility index (Phi) is 3.61. The number of carbonyl (C=O) groups excluding carboxylic acids is 1. The summed E-state index contributed by atoms with van der Waals surface area (Å²) in [4.78, 5) is 14.2. The van der Waals surface area contributed by atoms with Gasteiger partial charge in [-0.15, -0.1) is 0 Å². The molecule has 3 rings (SSSR count).